The molecule has 6 rings (SSSR count). The van der Waals surface area contributed by atoms with Crippen LogP contribution in [0, 0.1) is 5.92 Å². The largest absolute Gasteiger partial charge is 0.496 e. The Labute approximate surface area is 228 Å². The number of carbonyl (C=O) groups excluding carboxylic acids is 2. The second kappa shape index (κ2) is 8.91. The van der Waals surface area contributed by atoms with Crippen molar-refractivity contribution in [1.82, 2.24) is 14.8 Å². The molecule has 2 aliphatic heterocycles. The normalized spacial score (nSPS) is 23.0. The number of allylic oxidation sites excluding steroid dienone is 1. The highest BCUT2D eigenvalue weighted by atomic mass is 35.5. The van der Waals surface area contributed by atoms with Gasteiger partial charge in [0.05, 0.1) is 28.4 Å². The highest BCUT2D eigenvalue weighted by Crippen LogP contribution is 2.55. The third-order valence-corrected chi connectivity index (χ3v) is 7.96. The lowest BCUT2D eigenvalue weighted by Gasteiger charge is -2.41. The molecule has 202 valence electrons. The number of Topliss-reactive ketones (excluding diaryl/α,β-unsaturated/α-hetero) is 2. The average molecular weight is 553 g/mol. The highest BCUT2D eigenvalue weighted by Gasteiger charge is 2.63. The molecule has 0 radical (unpaired) electrons. The Morgan fingerprint density at radius 1 is 1.00 bits per heavy atom. The van der Waals surface area contributed by atoms with Gasteiger partial charge in [0.2, 0.25) is 23.1 Å². The summed E-state index contributed by atoms with van der Waals surface area (Å²) in [6, 6.07) is 6.15. The number of rotatable bonds is 5. The Kier molecular flexibility index (Phi) is 5.72. The first-order chi connectivity index (χ1) is 18.8. The van der Waals surface area contributed by atoms with Gasteiger partial charge in [0, 0.05) is 23.3 Å². The summed E-state index contributed by atoms with van der Waals surface area (Å²) in [7, 11) is 5.95. The molecule has 0 saturated heterocycles. The molecule has 0 saturated carbocycles. The van der Waals surface area contributed by atoms with Crippen LogP contribution in [0.2, 0.25) is 5.02 Å². The van der Waals surface area contributed by atoms with E-state index in [4.69, 9.17) is 35.3 Å². The first-order valence-electron chi connectivity index (χ1n) is 12.1. The molecule has 11 nitrogen and oxygen atoms in total. The van der Waals surface area contributed by atoms with Crippen LogP contribution in [-0.2, 0) is 4.79 Å². The topological polar surface area (TPSA) is 123 Å². The van der Waals surface area contributed by atoms with Gasteiger partial charge >= 0.3 is 0 Å². The van der Waals surface area contributed by atoms with Crippen LogP contribution in [0.3, 0.4) is 0 Å². The number of halogens is 1. The fourth-order valence-corrected chi connectivity index (χ4v) is 5.98. The van der Waals surface area contributed by atoms with Crippen molar-refractivity contribution in [2.75, 3.05) is 33.8 Å². The Morgan fingerprint density at radius 2 is 1.72 bits per heavy atom. The Hall–Kier alpha value is -4.25. The quantitative estimate of drug-likeness (QED) is 0.467. The molecule has 0 amide bonds. The maximum absolute atomic E-state index is 14.7. The van der Waals surface area contributed by atoms with E-state index in [2.05, 4.69) is 15.4 Å². The molecule has 3 heterocycles. The van der Waals surface area contributed by atoms with Crippen LogP contribution in [0.4, 0.5) is 5.95 Å². The Balaban J connectivity index is 1.53. The zero-order chi connectivity index (χ0) is 27.6. The minimum atomic E-state index is -1.86. The van der Waals surface area contributed by atoms with E-state index in [9.17, 15) is 9.59 Å². The molecule has 1 N–H and O–H groups in total. The summed E-state index contributed by atoms with van der Waals surface area (Å²) in [5.41, 5.74) is -0.0889. The Morgan fingerprint density at radius 3 is 2.41 bits per heavy atom. The van der Waals surface area contributed by atoms with Crippen molar-refractivity contribution in [3.63, 3.8) is 0 Å². The molecule has 1 aromatic heterocycles. The predicted octanol–water partition coefficient (Wildman–Crippen LogP) is 3.86. The zero-order valence-corrected chi connectivity index (χ0v) is 22.6. The minimum absolute atomic E-state index is 0.0648. The monoisotopic (exact) mass is 552 g/mol. The van der Waals surface area contributed by atoms with E-state index < -0.39 is 29.1 Å². The van der Waals surface area contributed by atoms with Gasteiger partial charge in [0.15, 0.2) is 17.2 Å². The van der Waals surface area contributed by atoms with Gasteiger partial charge in [0.25, 0.3) is 0 Å². The minimum Gasteiger partial charge on any atom is -0.496 e. The third kappa shape index (κ3) is 3.29. The first-order valence-corrected chi connectivity index (χ1v) is 12.5. The van der Waals surface area contributed by atoms with Crippen molar-refractivity contribution in [3.05, 3.63) is 58.0 Å². The summed E-state index contributed by atoms with van der Waals surface area (Å²) in [6.45, 7) is 1.80. The lowest BCUT2D eigenvalue weighted by Crippen LogP contribution is -2.58. The number of carbonyl (C=O) groups is 2. The van der Waals surface area contributed by atoms with Gasteiger partial charge < -0.3 is 29.0 Å². The standard InChI is InChI=1S/C27H25ClN4O7/c1-12-8-14-19(22(32-26(31-14)29-11-30-32)13-6-7-15(35-2)16(9-13)36-3)24(33)27(12)25(34)20-17(37-4)10-18(38-5)21(28)23(20)39-27/h6-7,9-12,22H,8H2,1-5H3,(H,29,30,31). The lowest BCUT2D eigenvalue weighted by atomic mass is 9.69. The first kappa shape index (κ1) is 25.1. The van der Waals surface area contributed by atoms with Crippen molar-refractivity contribution in [2.24, 2.45) is 5.92 Å². The molecule has 12 heteroatoms. The van der Waals surface area contributed by atoms with Crippen molar-refractivity contribution >= 4 is 29.1 Å². The molecule has 0 fully saturated rings. The number of anilines is 1. The van der Waals surface area contributed by atoms with Gasteiger partial charge in [-0.15, -0.1) is 0 Å². The second-order valence-electron chi connectivity index (χ2n) is 9.46. The van der Waals surface area contributed by atoms with E-state index in [0.29, 0.717) is 40.7 Å². The van der Waals surface area contributed by atoms with Gasteiger partial charge in [-0.25, -0.2) is 4.68 Å². The summed E-state index contributed by atoms with van der Waals surface area (Å²) >= 11 is 6.58. The van der Waals surface area contributed by atoms with Crippen LogP contribution in [0.25, 0.3) is 0 Å². The van der Waals surface area contributed by atoms with E-state index in [1.165, 1.54) is 33.7 Å². The number of benzene rings is 2. The second-order valence-corrected chi connectivity index (χ2v) is 9.84. The average Bonchev–Trinajstić information content (AvgIpc) is 3.54. The summed E-state index contributed by atoms with van der Waals surface area (Å²) in [6.07, 6.45) is 1.73. The number of methoxy groups -OCH3 is 4. The van der Waals surface area contributed by atoms with E-state index in [1.807, 2.05) is 6.07 Å². The molecule has 39 heavy (non-hydrogen) atoms. The molecular weight excluding hydrogens is 528 g/mol. The van der Waals surface area contributed by atoms with Crippen LogP contribution < -0.4 is 29.0 Å². The number of hydrogen-bond donors (Lipinski definition) is 1. The van der Waals surface area contributed by atoms with Crippen LogP contribution in [0.1, 0.15) is 35.3 Å². The molecule has 2 aromatic carbocycles. The molecule has 0 bridgehead atoms. The van der Waals surface area contributed by atoms with Crippen LogP contribution in [0.15, 0.2) is 41.9 Å². The van der Waals surface area contributed by atoms with Gasteiger partial charge in [-0.1, -0.05) is 24.6 Å². The van der Waals surface area contributed by atoms with Crippen molar-refractivity contribution in [2.45, 2.75) is 25.0 Å². The fraction of sp³-hybridized carbons (Fsp3) is 0.333. The SMILES string of the molecule is COc1ccc(C2C3=C(CC(C)C4(Oc5c(Cl)c(OC)cc(OC)c5C4=O)C3=O)Nc3ncnn32)cc1OC. The van der Waals surface area contributed by atoms with Crippen LogP contribution in [-0.4, -0.2) is 60.4 Å². The maximum Gasteiger partial charge on any atom is 0.236 e. The number of ketones is 2. The molecule has 3 aliphatic rings. The van der Waals surface area contributed by atoms with Crippen molar-refractivity contribution in [3.8, 4) is 28.7 Å². The van der Waals surface area contributed by atoms with E-state index in [0.717, 1.165) is 0 Å². The number of nitrogens with one attached hydrogen (secondary N) is 1. The fourth-order valence-electron chi connectivity index (χ4n) is 5.72. The number of aromatic nitrogens is 3. The highest BCUT2D eigenvalue weighted by molar-refractivity contribution is 6.36. The number of hydrogen-bond acceptors (Lipinski definition) is 10. The summed E-state index contributed by atoms with van der Waals surface area (Å²) in [4.78, 5) is 33.2. The lowest BCUT2D eigenvalue weighted by molar-refractivity contribution is -0.130. The third-order valence-electron chi connectivity index (χ3n) is 7.61. The summed E-state index contributed by atoms with van der Waals surface area (Å²) in [5, 5.41) is 7.73. The molecule has 1 aliphatic carbocycles. The van der Waals surface area contributed by atoms with E-state index >= 15 is 0 Å². The van der Waals surface area contributed by atoms with Gasteiger partial charge in [-0.2, -0.15) is 10.1 Å². The number of nitrogens with zero attached hydrogens (tertiary/aromatic N) is 3. The van der Waals surface area contributed by atoms with Crippen molar-refractivity contribution in [1.29, 1.82) is 0 Å². The smallest absolute Gasteiger partial charge is 0.236 e. The van der Waals surface area contributed by atoms with E-state index in [1.54, 1.807) is 30.8 Å². The molecule has 3 unspecified atom stereocenters. The molecule has 3 atom stereocenters. The van der Waals surface area contributed by atoms with Gasteiger partial charge in [0.1, 0.15) is 34.5 Å². The Bertz CT molecular complexity index is 1580. The number of ether oxygens (including phenoxy) is 5. The predicted molar refractivity (Wildman–Crippen MR) is 139 cm³/mol. The summed E-state index contributed by atoms with van der Waals surface area (Å²) < 4.78 is 29.7. The zero-order valence-electron chi connectivity index (χ0n) is 21.8. The van der Waals surface area contributed by atoms with Crippen LogP contribution in [0.5, 0.6) is 28.7 Å². The van der Waals surface area contributed by atoms with Crippen molar-refractivity contribution < 1.29 is 33.3 Å². The number of fused-ring (bicyclic) bond motifs is 2. The molecular formula is C27H25ClN4O7. The van der Waals surface area contributed by atoms with Gasteiger partial charge in [-0.05, 0) is 24.1 Å². The molecule has 1 spiro atoms. The van der Waals surface area contributed by atoms with Gasteiger partial charge in [-0.3, -0.25) is 9.59 Å². The van der Waals surface area contributed by atoms with E-state index in [-0.39, 0.29) is 27.8 Å². The maximum atomic E-state index is 14.7. The summed E-state index contributed by atoms with van der Waals surface area (Å²) in [5.74, 6) is 0.463. The van der Waals surface area contributed by atoms with Crippen LogP contribution >= 0.6 is 11.6 Å². The molecule has 3 aromatic rings.